The predicted octanol–water partition coefficient (Wildman–Crippen LogP) is 1.75. The molecule has 0 unspecified atom stereocenters. The quantitative estimate of drug-likeness (QED) is 0.380. The lowest BCUT2D eigenvalue weighted by atomic mass is 10.0. The maximum atomic E-state index is 12.2. The third-order valence-corrected chi connectivity index (χ3v) is 4.45. The second kappa shape index (κ2) is 10.4. The Balaban J connectivity index is 1.62. The number of amides is 1. The topological polar surface area (TPSA) is 98.8 Å². The molecule has 0 aromatic heterocycles. The average Bonchev–Trinajstić information content (AvgIpc) is 3.15. The Morgan fingerprint density at radius 2 is 1.78 bits per heavy atom. The van der Waals surface area contributed by atoms with Crippen molar-refractivity contribution in [3.8, 4) is 0 Å². The summed E-state index contributed by atoms with van der Waals surface area (Å²) >= 11 is 0. The molecular weight excluding hydrogens is 350 g/mol. The summed E-state index contributed by atoms with van der Waals surface area (Å²) in [6.45, 7) is -0.105. The molecule has 27 heavy (non-hydrogen) atoms. The van der Waals surface area contributed by atoms with E-state index in [0.717, 1.165) is 19.3 Å². The first-order valence-electron chi connectivity index (χ1n) is 9.13. The molecule has 0 spiro atoms. The van der Waals surface area contributed by atoms with Gasteiger partial charge in [0.2, 0.25) is 0 Å². The van der Waals surface area contributed by atoms with Gasteiger partial charge in [0.05, 0.1) is 13.5 Å². The van der Waals surface area contributed by atoms with Crippen LogP contribution < -0.4 is 5.32 Å². The Morgan fingerprint density at radius 1 is 1.00 bits per heavy atom. The average molecular weight is 375 g/mol. The van der Waals surface area contributed by atoms with Gasteiger partial charge in [-0.25, -0.2) is 0 Å². The van der Waals surface area contributed by atoms with Crippen LogP contribution in [-0.4, -0.2) is 43.9 Å². The van der Waals surface area contributed by atoms with E-state index >= 15 is 0 Å². The molecule has 1 aliphatic rings. The van der Waals surface area contributed by atoms with E-state index in [1.165, 1.54) is 18.2 Å². The molecule has 2 rings (SSSR count). The van der Waals surface area contributed by atoms with Crippen molar-refractivity contribution in [2.45, 2.75) is 44.9 Å². The van der Waals surface area contributed by atoms with Crippen LogP contribution in [0.4, 0.5) is 0 Å². The maximum Gasteiger partial charge on any atom is 0.306 e. The number of ketones is 1. The van der Waals surface area contributed by atoms with Crippen molar-refractivity contribution < 1.29 is 28.7 Å². The lowest BCUT2D eigenvalue weighted by Gasteiger charge is -2.07. The molecule has 1 N–H and O–H groups in total. The van der Waals surface area contributed by atoms with Crippen molar-refractivity contribution in [3.05, 3.63) is 34.9 Å². The van der Waals surface area contributed by atoms with Gasteiger partial charge in [0.1, 0.15) is 0 Å². The van der Waals surface area contributed by atoms with E-state index in [2.05, 4.69) is 10.1 Å². The van der Waals surface area contributed by atoms with Crippen molar-refractivity contribution in [2.24, 2.45) is 0 Å². The number of hydrogen-bond acceptors (Lipinski definition) is 6. The van der Waals surface area contributed by atoms with Gasteiger partial charge in [0.25, 0.3) is 5.91 Å². The van der Waals surface area contributed by atoms with Gasteiger partial charge in [0, 0.05) is 24.9 Å². The van der Waals surface area contributed by atoms with E-state index in [0.29, 0.717) is 18.5 Å². The van der Waals surface area contributed by atoms with Gasteiger partial charge in [-0.2, -0.15) is 0 Å². The standard InChI is InChI=1S/C20H25NO6/c1-26-19(24)6-3-11-21-18(23)13-27-20(25)10-9-17(22)16-8-7-14-4-2-5-15(14)12-16/h7-8,12H,2-6,9-11,13H2,1H3,(H,21,23). The number of carbonyl (C=O) groups is 4. The van der Waals surface area contributed by atoms with Gasteiger partial charge in [0.15, 0.2) is 12.4 Å². The highest BCUT2D eigenvalue weighted by atomic mass is 16.5. The van der Waals surface area contributed by atoms with Crippen LogP contribution in [0, 0.1) is 0 Å². The number of hydrogen-bond donors (Lipinski definition) is 1. The first-order chi connectivity index (χ1) is 13.0. The molecule has 0 radical (unpaired) electrons. The van der Waals surface area contributed by atoms with Gasteiger partial charge in [-0.3, -0.25) is 19.2 Å². The van der Waals surface area contributed by atoms with Crippen LogP contribution in [0.5, 0.6) is 0 Å². The van der Waals surface area contributed by atoms with Gasteiger partial charge in [-0.05, 0) is 42.9 Å². The van der Waals surface area contributed by atoms with Crippen molar-refractivity contribution in [2.75, 3.05) is 20.3 Å². The Hall–Kier alpha value is -2.70. The van der Waals surface area contributed by atoms with E-state index in [4.69, 9.17) is 4.74 Å². The summed E-state index contributed by atoms with van der Waals surface area (Å²) in [7, 11) is 1.30. The summed E-state index contributed by atoms with van der Waals surface area (Å²) in [6.07, 6.45) is 3.81. The smallest absolute Gasteiger partial charge is 0.306 e. The van der Waals surface area contributed by atoms with Crippen LogP contribution in [0.3, 0.4) is 0 Å². The molecule has 146 valence electrons. The second-order valence-electron chi connectivity index (χ2n) is 6.45. The van der Waals surface area contributed by atoms with Gasteiger partial charge >= 0.3 is 11.9 Å². The van der Waals surface area contributed by atoms with Crippen molar-refractivity contribution in [3.63, 3.8) is 0 Å². The predicted molar refractivity (Wildman–Crippen MR) is 97.3 cm³/mol. The zero-order valence-electron chi connectivity index (χ0n) is 15.5. The summed E-state index contributed by atoms with van der Waals surface area (Å²) in [4.78, 5) is 46.4. The Morgan fingerprint density at radius 3 is 2.56 bits per heavy atom. The van der Waals surface area contributed by atoms with E-state index in [1.807, 2.05) is 12.1 Å². The molecule has 1 amide bonds. The van der Waals surface area contributed by atoms with Gasteiger partial charge in [-0.1, -0.05) is 12.1 Å². The van der Waals surface area contributed by atoms with Crippen LogP contribution in [0.2, 0.25) is 0 Å². The third-order valence-electron chi connectivity index (χ3n) is 4.45. The Bertz CT molecular complexity index is 712. The number of esters is 2. The Kier molecular flexibility index (Phi) is 7.98. The minimum Gasteiger partial charge on any atom is -0.469 e. The molecule has 0 atom stereocenters. The molecule has 0 aliphatic heterocycles. The van der Waals surface area contributed by atoms with Gasteiger partial charge in [-0.15, -0.1) is 0 Å². The summed E-state index contributed by atoms with van der Waals surface area (Å²) in [5, 5.41) is 2.54. The highest BCUT2D eigenvalue weighted by Crippen LogP contribution is 2.23. The number of aryl methyl sites for hydroxylation is 2. The summed E-state index contributed by atoms with van der Waals surface area (Å²) in [6, 6.07) is 5.70. The molecule has 0 fully saturated rings. The monoisotopic (exact) mass is 375 g/mol. The first-order valence-corrected chi connectivity index (χ1v) is 9.13. The van der Waals surface area contributed by atoms with Crippen molar-refractivity contribution in [1.29, 1.82) is 0 Å². The van der Waals surface area contributed by atoms with E-state index in [9.17, 15) is 19.2 Å². The number of nitrogens with one attached hydrogen (secondary N) is 1. The fourth-order valence-electron chi connectivity index (χ4n) is 2.94. The van der Waals surface area contributed by atoms with E-state index in [-0.39, 0.29) is 31.0 Å². The highest BCUT2D eigenvalue weighted by molar-refractivity contribution is 5.98. The number of fused-ring (bicyclic) bond motifs is 1. The Labute approximate surface area is 158 Å². The maximum absolute atomic E-state index is 12.2. The number of benzene rings is 1. The summed E-state index contributed by atoms with van der Waals surface area (Å²) < 4.78 is 9.36. The summed E-state index contributed by atoms with van der Waals surface area (Å²) in [5.74, 6) is -1.48. The minimum atomic E-state index is -0.589. The molecule has 0 heterocycles. The SMILES string of the molecule is COC(=O)CCCNC(=O)COC(=O)CCC(=O)c1ccc2c(c1)CCC2. The molecule has 1 aromatic carbocycles. The molecular formula is C20H25NO6. The fraction of sp³-hybridized carbons (Fsp3) is 0.500. The molecule has 1 aromatic rings. The van der Waals surface area contributed by atoms with Crippen LogP contribution in [0.15, 0.2) is 18.2 Å². The molecule has 0 saturated heterocycles. The van der Waals surface area contributed by atoms with Crippen LogP contribution in [0.1, 0.15) is 53.6 Å². The van der Waals surface area contributed by atoms with Gasteiger partial charge < -0.3 is 14.8 Å². The zero-order valence-corrected chi connectivity index (χ0v) is 15.5. The lowest BCUT2D eigenvalue weighted by molar-refractivity contribution is -0.148. The number of Topliss-reactive ketones (excluding diaryl/α,β-unsaturated/α-hetero) is 1. The van der Waals surface area contributed by atoms with Crippen LogP contribution in [-0.2, 0) is 36.7 Å². The zero-order chi connectivity index (χ0) is 19.6. The molecule has 0 saturated carbocycles. The minimum absolute atomic E-state index is 0.0539. The number of ether oxygens (including phenoxy) is 2. The van der Waals surface area contributed by atoms with Crippen molar-refractivity contribution >= 4 is 23.6 Å². The molecule has 1 aliphatic carbocycles. The normalized spacial score (nSPS) is 12.2. The molecule has 0 bridgehead atoms. The summed E-state index contributed by atoms with van der Waals surface area (Å²) in [5.41, 5.74) is 3.13. The third kappa shape index (κ3) is 6.84. The highest BCUT2D eigenvalue weighted by Gasteiger charge is 2.15. The van der Waals surface area contributed by atoms with E-state index in [1.54, 1.807) is 6.07 Å². The van der Waals surface area contributed by atoms with Crippen molar-refractivity contribution in [1.82, 2.24) is 5.32 Å². The lowest BCUT2D eigenvalue weighted by Crippen LogP contribution is -2.30. The number of methoxy groups -OCH3 is 1. The van der Waals surface area contributed by atoms with Crippen LogP contribution in [0.25, 0.3) is 0 Å². The first kappa shape index (κ1) is 20.6. The van der Waals surface area contributed by atoms with E-state index < -0.39 is 18.5 Å². The molecule has 7 heteroatoms. The largest absolute Gasteiger partial charge is 0.469 e. The number of carbonyl (C=O) groups excluding carboxylic acids is 4. The fourth-order valence-corrected chi connectivity index (χ4v) is 2.94. The number of rotatable bonds is 10. The van der Waals surface area contributed by atoms with Crippen LogP contribution >= 0.6 is 0 Å². The second-order valence-corrected chi connectivity index (χ2v) is 6.45. The molecule has 7 nitrogen and oxygen atoms in total.